The Bertz CT molecular complexity index is 298. The van der Waals surface area contributed by atoms with Crippen LogP contribution in [-0.4, -0.2) is 22.8 Å². The molecule has 2 nitrogen and oxygen atoms in total. The number of nitrogens with one attached hydrogen (secondary N) is 1. The Labute approximate surface area is 103 Å². The van der Waals surface area contributed by atoms with Gasteiger partial charge in [-0.3, -0.25) is 0 Å². The van der Waals surface area contributed by atoms with Crippen molar-refractivity contribution in [2.45, 2.75) is 51.7 Å². The van der Waals surface area contributed by atoms with Crippen LogP contribution in [-0.2, 0) is 6.42 Å². The number of hydrogen-bond acceptors (Lipinski definition) is 3. The van der Waals surface area contributed by atoms with E-state index in [1.165, 1.54) is 4.88 Å². The van der Waals surface area contributed by atoms with Gasteiger partial charge in [0.15, 0.2) is 0 Å². The average Bonchev–Trinajstić information content (AvgIpc) is 2.52. The van der Waals surface area contributed by atoms with Crippen LogP contribution in [0.15, 0.2) is 17.5 Å². The third-order valence-electron chi connectivity index (χ3n) is 2.45. The van der Waals surface area contributed by atoms with Crippen LogP contribution in [0.25, 0.3) is 0 Å². The summed E-state index contributed by atoms with van der Waals surface area (Å²) < 4.78 is 0. The first-order chi connectivity index (χ1) is 7.29. The third kappa shape index (κ3) is 5.64. The molecule has 1 rings (SSSR count). The van der Waals surface area contributed by atoms with E-state index in [1.54, 1.807) is 11.3 Å². The summed E-state index contributed by atoms with van der Waals surface area (Å²) in [5.41, 5.74) is -0.484. The van der Waals surface area contributed by atoms with Gasteiger partial charge in [-0.1, -0.05) is 6.07 Å². The molecule has 0 radical (unpaired) electrons. The van der Waals surface area contributed by atoms with E-state index in [1.807, 2.05) is 13.0 Å². The first-order valence-corrected chi connectivity index (χ1v) is 6.66. The quantitative estimate of drug-likeness (QED) is 0.831. The Balaban J connectivity index is 2.34. The molecule has 0 aliphatic heterocycles. The fourth-order valence-electron chi connectivity index (χ4n) is 1.58. The van der Waals surface area contributed by atoms with Crippen LogP contribution < -0.4 is 5.32 Å². The molecular formula is C13H23NOS. The van der Waals surface area contributed by atoms with E-state index < -0.39 is 5.60 Å². The maximum Gasteiger partial charge on any atom is 0.0679 e. The summed E-state index contributed by atoms with van der Waals surface area (Å²) >= 11 is 1.71. The van der Waals surface area contributed by atoms with E-state index in [0.717, 1.165) is 19.4 Å². The topological polar surface area (TPSA) is 32.3 Å². The van der Waals surface area contributed by atoms with Gasteiger partial charge in [0, 0.05) is 16.8 Å². The van der Waals surface area contributed by atoms with Gasteiger partial charge >= 0.3 is 0 Å². The lowest BCUT2D eigenvalue weighted by Gasteiger charge is -2.26. The van der Waals surface area contributed by atoms with Gasteiger partial charge in [0.25, 0.3) is 0 Å². The lowest BCUT2D eigenvalue weighted by Crippen LogP contribution is -2.40. The summed E-state index contributed by atoms with van der Waals surface area (Å²) in [5, 5.41) is 15.7. The second-order valence-corrected chi connectivity index (χ2v) is 6.71. The van der Waals surface area contributed by atoms with Gasteiger partial charge in [-0.05, 0) is 52.1 Å². The number of rotatable bonds is 5. The maximum atomic E-state index is 10.2. The van der Waals surface area contributed by atoms with Crippen LogP contribution >= 0.6 is 11.3 Å². The van der Waals surface area contributed by atoms with Gasteiger partial charge in [-0.2, -0.15) is 0 Å². The standard InChI is InChI=1S/C13H23NOS/c1-12(2,3)14-8-7-13(4,15)10-11-6-5-9-16-11/h5-6,9,14-15H,7-8,10H2,1-4H3. The van der Waals surface area contributed by atoms with Crippen molar-refractivity contribution in [3.8, 4) is 0 Å². The van der Waals surface area contributed by atoms with Gasteiger partial charge in [0.2, 0.25) is 0 Å². The van der Waals surface area contributed by atoms with E-state index in [4.69, 9.17) is 0 Å². The Hall–Kier alpha value is -0.380. The van der Waals surface area contributed by atoms with Gasteiger partial charge in [-0.25, -0.2) is 0 Å². The Morgan fingerprint density at radius 2 is 2.00 bits per heavy atom. The largest absolute Gasteiger partial charge is 0.390 e. The maximum absolute atomic E-state index is 10.2. The lowest BCUT2D eigenvalue weighted by molar-refractivity contribution is 0.0507. The zero-order chi connectivity index (χ0) is 12.2. The minimum atomic E-state index is -0.608. The van der Waals surface area contributed by atoms with Crippen LogP contribution in [0.4, 0.5) is 0 Å². The molecule has 2 N–H and O–H groups in total. The van der Waals surface area contributed by atoms with E-state index in [9.17, 15) is 5.11 Å². The molecule has 92 valence electrons. The smallest absolute Gasteiger partial charge is 0.0679 e. The van der Waals surface area contributed by atoms with Crippen molar-refractivity contribution < 1.29 is 5.11 Å². The summed E-state index contributed by atoms with van der Waals surface area (Å²) in [6, 6.07) is 4.11. The fraction of sp³-hybridized carbons (Fsp3) is 0.692. The highest BCUT2D eigenvalue weighted by Gasteiger charge is 2.22. The van der Waals surface area contributed by atoms with E-state index in [0.29, 0.717) is 0 Å². The van der Waals surface area contributed by atoms with Gasteiger partial charge in [-0.15, -0.1) is 11.3 Å². The average molecular weight is 241 g/mol. The highest BCUT2D eigenvalue weighted by atomic mass is 32.1. The predicted octanol–water partition coefficient (Wildman–Crippen LogP) is 2.82. The molecule has 1 aromatic heterocycles. The fourth-order valence-corrected chi connectivity index (χ4v) is 2.47. The SMILES string of the molecule is CC(O)(CCNC(C)(C)C)Cc1cccs1. The normalized spacial score (nSPS) is 16.1. The third-order valence-corrected chi connectivity index (χ3v) is 3.33. The molecule has 0 aliphatic carbocycles. The summed E-state index contributed by atoms with van der Waals surface area (Å²) in [7, 11) is 0. The molecular weight excluding hydrogens is 218 g/mol. The Morgan fingerprint density at radius 3 is 2.50 bits per heavy atom. The molecule has 0 aliphatic rings. The van der Waals surface area contributed by atoms with Crippen LogP contribution in [0.3, 0.4) is 0 Å². The second kappa shape index (κ2) is 5.30. The summed E-state index contributed by atoms with van der Waals surface area (Å²) in [4.78, 5) is 1.25. The van der Waals surface area contributed by atoms with E-state index in [-0.39, 0.29) is 5.54 Å². The highest BCUT2D eigenvalue weighted by molar-refractivity contribution is 7.09. The molecule has 1 aromatic rings. The van der Waals surface area contributed by atoms with E-state index in [2.05, 4.69) is 37.5 Å². The predicted molar refractivity (Wildman–Crippen MR) is 71.0 cm³/mol. The van der Waals surface area contributed by atoms with Crippen molar-refractivity contribution in [3.63, 3.8) is 0 Å². The number of thiophene rings is 1. The minimum Gasteiger partial charge on any atom is -0.390 e. The van der Waals surface area contributed by atoms with E-state index >= 15 is 0 Å². The van der Waals surface area contributed by atoms with Crippen LogP contribution in [0, 0.1) is 0 Å². The molecule has 0 saturated heterocycles. The zero-order valence-electron chi connectivity index (χ0n) is 10.7. The van der Waals surface area contributed by atoms with Crippen LogP contribution in [0.5, 0.6) is 0 Å². The molecule has 3 heteroatoms. The van der Waals surface area contributed by atoms with Crippen LogP contribution in [0.1, 0.15) is 39.0 Å². The highest BCUT2D eigenvalue weighted by Crippen LogP contribution is 2.20. The van der Waals surface area contributed by atoms with Gasteiger partial charge in [0.05, 0.1) is 5.60 Å². The molecule has 0 spiro atoms. The summed E-state index contributed by atoms with van der Waals surface area (Å²) in [6.45, 7) is 9.18. The molecule has 1 unspecified atom stereocenters. The van der Waals surface area contributed by atoms with Gasteiger partial charge < -0.3 is 10.4 Å². The number of hydrogen-bond donors (Lipinski definition) is 2. The number of aliphatic hydroxyl groups is 1. The summed E-state index contributed by atoms with van der Waals surface area (Å²) in [5.74, 6) is 0. The summed E-state index contributed by atoms with van der Waals surface area (Å²) in [6.07, 6.45) is 1.53. The molecule has 1 atom stereocenters. The molecule has 16 heavy (non-hydrogen) atoms. The van der Waals surface area contributed by atoms with Gasteiger partial charge in [0.1, 0.15) is 0 Å². The zero-order valence-corrected chi connectivity index (χ0v) is 11.5. The first kappa shape index (κ1) is 13.7. The molecule has 0 amide bonds. The van der Waals surface area contributed by atoms with Crippen molar-refractivity contribution >= 4 is 11.3 Å². The van der Waals surface area contributed by atoms with Crippen molar-refractivity contribution in [3.05, 3.63) is 22.4 Å². The molecule has 0 bridgehead atoms. The molecule has 1 heterocycles. The lowest BCUT2D eigenvalue weighted by atomic mass is 9.96. The van der Waals surface area contributed by atoms with Crippen molar-refractivity contribution in [1.29, 1.82) is 0 Å². The Morgan fingerprint density at radius 1 is 1.31 bits per heavy atom. The molecule has 0 aromatic carbocycles. The van der Waals surface area contributed by atoms with Crippen molar-refractivity contribution in [1.82, 2.24) is 5.32 Å². The monoisotopic (exact) mass is 241 g/mol. The molecule has 0 fully saturated rings. The Kier molecular flexibility index (Phi) is 4.53. The molecule has 0 saturated carbocycles. The minimum absolute atomic E-state index is 0.124. The first-order valence-electron chi connectivity index (χ1n) is 5.78. The van der Waals surface area contributed by atoms with Crippen molar-refractivity contribution in [2.75, 3.05) is 6.54 Å². The van der Waals surface area contributed by atoms with Crippen LogP contribution in [0.2, 0.25) is 0 Å². The second-order valence-electron chi connectivity index (χ2n) is 5.68. The van der Waals surface area contributed by atoms with Crippen molar-refractivity contribution in [2.24, 2.45) is 0 Å².